The van der Waals surface area contributed by atoms with E-state index < -0.39 is 28.9 Å². The normalized spacial score (nSPS) is 15.5. The van der Waals surface area contributed by atoms with E-state index in [9.17, 15) is 32.3 Å². The fraction of sp³-hybridized carbons (Fsp3) is 0.400. The molecule has 2 amide bonds. The summed E-state index contributed by atoms with van der Waals surface area (Å²) in [5, 5.41) is 7.18. The van der Waals surface area contributed by atoms with Gasteiger partial charge in [-0.1, -0.05) is 13.0 Å². The van der Waals surface area contributed by atoms with Gasteiger partial charge in [-0.25, -0.2) is 4.79 Å². The minimum Gasteiger partial charge on any atom is -0.362 e. The zero-order valence-corrected chi connectivity index (χ0v) is 25.2. The standard InChI is InChI=1S/C30H32F3N9O4/c1-3-22-24(39-12-14-40(15-13-39)26(44)21-16-38(2)29(46)35-21)27(45)42-28(36-25(37-42)18-6-4-5-7-18)41(22)17-23(43)34-20-10-8-19(9-11-20)30(31,32)33/h6,8-11,16H,3-5,7,12-15,17H2,1-2H3,(H,34,43)(H,35,46). The van der Waals surface area contributed by atoms with Gasteiger partial charge in [-0.15, -0.1) is 5.10 Å². The number of fused-ring (bicyclic) bond motifs is 1. The molecule has 1 aliphatic heterocycles. The molecule has 2 aliphatic rings. The van der Waals surface area contributed by atoms with Crippen molar-refractivity contribution in [3.8, 4) is 0 Å². The number of rotatable bonds is 7. The summed E-state index contributed by atoms with van der Waals surface area (Å²) in [7, 11) is 1.55. The second-order valence-corrected chi connectivity index (χ2v) is 11.3. The Labute approximate surface area is 259 Å². The molecule has 16 heteroatoms. The van der Waals surface area contributed by atoms with Gasteiger partial charge in [0.15, 0.2) is 5.82 Å². The Bertz CT molecular complexity index is 1960. The maximum absolute atomic E-state index is 14.0. The summed E-state index contributed by atoms with van der Waals surface area (Å²) in [5.41, 5.74) is 0.501. The van der Waals surface area contributed by atoms with Crippen LogP contribution in [-0.4, -0.2) is 71.6 Å². The SMILES string of the molecule is CCc1c(N2CCN(C(=O)c3cn(C)c(=O)[nH]3)CC2)c(=O)n2nc(C3=CCCC3)nc2n1CC(=O)Nc1ccc(C(F)(F)F)cc1. The van der Waals surface area contributed by atoms with Gasteiger partial charge in [0.25, 0.3) is 11.5 Å². The number of anilines is 2. The minimum absolute atomic E-state index is 0.175. The van der Waals surface area contributed by atoms with E-state index in [4.69, 9.17) is 0 Å². The average Bonchev–Trinajstić information content (AvgIpc) is 3.79. The number of aromatic nitrogens is 6. The number of carbonyl (C=O) groups is 2. The van der Waals surface area contributed by atoms with Crippen molar-refractivity contribution in [1.29, 1.82) is 0 Å². The smallest absolute Gasteiger partial charge is 0.362 e. The summed E-state index contributed by atoms with van der Waals surface area (Å²) < 4.78 is 43.2. The molecule has 0 atom stereocenters. The third-order valence-electron chi connectivity index (χ3n) is 8.28. The number of imidazole rings is 1. The van der Waals surface area contributed by atoms with Crippen molar-refractivity contribution in [1.82, 2.24) is 33.6 Å². The van der Waals surface area contributed by atoms with Crippen molar-refractivity contribution in [3.63, 3.8) is 0 Å². The number of hydrogen-bond acceptors (Lipinski definition) is 7. The van der Waals surface area contributed by atoms with Gasteiger partial charge < -0.3 is 29.2 Å². The molecule has 0 unspecified atom stereocenters. The monoisotopic (exact) mass is 639 g/mol. The number of nitrogens with zero attached hydrogens (tertiary/aromatic N) is 7. The maximum atomic E-state index is 14.0. The summed E-state index contributed by atoms with van der Waals surface area (Å²) in [6.45, 7) is 2.74. The molecule has 242 valence electrons. The number of aryl methyl sites for hydroxylation is 1. The maximum Gasteiger partial charge on any atom is 0.416 e. The van der Waals surface area contributed by atoms with Crippen molar-refractivity contribution < 1.29 is 22.8 Å². The number of allylic oxidation sites excluding steroid dienone is 2. The molecule has 3 aromatic heterocycles. The van der Waals surface area contributed by atoms with E-state index in [-0.39, 0.29) is 42.7 Å². The number of aromatic amines is 1. The van der Waals surface area contributed by atoms with E-state index in [1.54, 1.807) is 16.5 Å². The number of alkyl halides is 3. The Morgan fingerprint density at radius 3 is 2.37 bits per heavy atom. The highest BCUT2D eigenvalue weighted by Gasteiger charge is 2.31. The predicted molar refractivity (Wildman–Crippen MR) is 163 cm³/mol. The van der Waals surface area contributed by atoms with Gasteiger partial charge in [0.1, 0.15) is 17.9 Å². The molecule has 0 saturated carbocycles. The van der Waals surface area contributed by atoms with Crippen molar-refractivity contribution in [3.05, 3.63) is 80.2 Å². The Balaban J connectivity index is 1.33. The Hall–Kier alpha value is -5.15. The highest BCUT2D eigenvalue weighted by molar-refractivity contribution is 5.92. The number of halogens is 3. The number of hydrogen-bond donors (Lipinski definition) is 2. The zero-order valence-electron chi connectivity index (χ0n) is 25.2. The lowest BCUT2D eigenvalue weighted by atomic mass is 10.2. The molecule has 0 radical (unpaired) electrons. The molecule has 1 aliphatic carbocycles. The first-order valence-electron chi connectivity index (χ1n) is 14.9. The largest absolute Gasteiger partial charge is 0.416 e. The fourth-order valence-electron chi connectivity index (χ4n) is 5.93. The number of nitrogens with one attached hydrogen (secondary N) is 2. The van der Waals surface area contributed by atoms with Crippen LogP contribution in [0, 0.1) is 0 Å². The lowest BCUT2D eigenvalue weighted by molar-refractivity contribution is -0.137. The van der Waals surface area contributed by atoms with Crippen LogP contribution in [0.2, 0.25) is 0 Å². The second-order valence-electron chi connectivity index (χ2n) is 11.3. The van der Waals surface area contributed by atoms with Crippen LogP contribution < -0.4 is 21.5 Å². The van der Waals surface area contributed by atoms with Crippen LogP contribution in [0.3, 0.4) is 0 Å². The van der Waals surface area contributed by atoms with Gasteiger partial charge in [0.2, 0.25) is 11.7 Å². The lowest BCUT2D eigenvalue weighted by Crippen LogP contribution is -2.51. The van der Waals surface area contributed by atoms with Crippen LogP contribution in [0.15, 0.2) is 46.1 Å². The van der Waals surface area contributed by atoms with Gasteiger partial charge >= 0.3 is 11.9 Å². The molecule has 2 N–H and O–H groups in total. The van der Waals surface area contributed by atoms with Crippen LogP contribution in [0.1, 0.15) is 53.8 Å². The molecule has 4 aromatic rings. The van der Waals surface area contributed by atoms with Crippen LogP contribution >= 0.6 is 0 Å². The zero-order chi connectivity index (χ0) is 32.7. The molecule has 1 fully saturated rings. The van der Waals surface area contributed by atoms with Gasteiger partial charge in [0.05, 0.1) is 11.3 Å². The summed E-state index contributed by atoms with van der Waals surface area (Å²) in [5.74, 6) is -0.273. The topological polar surface area (TPSA) is 143 Å². The molecular formula is C30H32F3N9O4. The first-order valence-corrected chi connectivity index (χ1v) is 14.9. The van der Waals surface area contributed by atoms with E-state index in [2.05, 4.69) is 20.4 Å². The van der Waals surface area contributed by atoms with Gasteiger partial charge in [-0.05, 0) is 55.5 Å². The van der Waals surface area contributed by atoms with E-state index in [0.717, 1.165) is 37.0 Å². The van der Waals surface area contributed by atoms with E-state index in [1.165, 1.54) is 27.4 Å². The Morgan fingerprint density at radius 1 is 1.07 bits per heavy atom. The number of benzene rings is 1. The summed E-state index contributed by atoms with van der Waals surface area (Å²) in [6.07, 6.45) is 1.89. The van der Waals surface area contributed by atoms with Gasteiger partial charge in [0, 0.05) is 45.1 Å². The van der Waals surface area contributed by atoms with Crippen LogP contribution in [-0.2, 0) is 31.0 Å². The first-order chi connectivity index (χ1) is 21.9. The summed E-state index contributed by atoms with van der Waals surface area (Å²) in [6, 6.07) is 4.15. The summed E-state index contributed by atoms with van der Waals surface area (Å²) >= 11 is 0. The third-order valence-corrected chi connectivity index (χ3v) is 8.28. The lowest BCUT2D eigenvalue weighted by Gasteiger charge is -2.36. The highest BCUT2D eigenvalue weighted by atomic mass is 19.4. The van der Waals surface area contributed by atoms with Crippen LogP contribution in [0.25, 0.3) is 11.4 Å². The molecule has 46 heavy (non-hydrogen) atoms. The second kappa shape index (κ2) is 12.0. The molecule has 13 nitrogen and oxygen atoms in total. The Morgan fingerprint density at radius 2 is 1.78 bits per heavy atom. The predicted octanol–water partition coefficient (Wildman–Crippen LogP) is 2.67. The molecule has 0 spiro atoms. The van der Waals surface area contributed by atoms with E-state index >= 15 is 0 Å². The van der Waals surface area contributed by atoms with Crippen molar-refractivity contribution >= 4 is 34.5 Å². The Kier molecular flexibility index (Phi) is 8.04. The molecule has 4 heterocycles. The average molecular weight is 640 g/mol. The molecule has 6 rings (SSSR count). The number of amides is 2. The number of carbonyl (C=O) groups excluding carboxylic acids is 2. The van der Waals surface area contributed by atoms with Crippen molar-refractivity contribution in [2.24, 2.45) is 7.05 Å². The minimum atomic E-state index is -4.50. The van der Waals surface area contributed by atoms with Crippen LogP contribution in [0.5, 0.6) is 0 Å². The quantitative estimate of drug-likeness (QED) is 0.317. The van der Waals surface area contributed by atoms with Crippen molar-refractivity contribution in [2.75, 3.05) is 36.4 Å². The summed E-state index contributed by atoms with van der Waals surface area (Å²) in [4.78, 5) is 62.9. The van der Waals surface area contributed by atoms with E-state index in [0.29, 0.717) is 36.7 Å². The third kappa shape index (κ3) is 5.81. The van der Waals surface area contributed by atoms with Gasteiger partial charge in [-0.3, -0.25) is 14.4 Å². The molecule has 1 saturated heterocycles. The van der Waals surface area contributed by atoms with Gasteiger partial charge in [-0.2, -0.15) is 22.7 Å². The molecule has 0 bridgehead atoms. The molecule has 1 aromatic carbocycles. The first kappa shape index (κ1) is 30.9. The highest BCUT2D eigenvalue weighted by Crippen LogP contribution is 2.30. The van der Waals surface area contributed by atoms with Crippen LogP contribution in [0.4, 0.5) is 24.5 Å². The molecular weight excluding hydrogens is 607 g/mol. The van der Waals surface area contributed by atoms with E-state index in [1.807, 2.05) is 17.9 Å². The fourth-order valence-corrected chi connectivity index (χ4v) is 5.93. The number of H-pyrrole nitrogens is 1. The number of piperazine rings is 1. The van der Waals surface area contributed by atoms with Crippen molar-refractivity contribution in [2.45, 2.75) is 45.3 Å².